The second kappa shape index (κ2) is 9.82. The van der Waals surface area contributed by atoms with E-state index in [1.165, 1.54) is 0 Å². The normalized spacial score (nSPS) is 11.3. The van der Waals surface area contributed by atoms with E-state index in [1.54, 1.807) is 29.1 Å². The standard InChI is InChI=1S/C27H19BrClN5O/c1-17-25-23(27(35)32-30-16-18-6-5-7-20(28)14-18)15-24(19-10-12-21(29)13-11-19)31-26(25)34(33-17)22-8-3-2-4-9-22/h2-16H,1H3,(H,32,35). The average Bonchev–Trinajstić information content (AvgIpc) is 3.21. The Kier molecular flexibility index (Phi) is 6.44. The van der Waals surface area contributed by atoms with Crippen LogP contribution in [0.3, 0.4) is 0 Å². The Balaban J connectivity index is 1.61. The number of nitrogens with one attached hydrogen (secondary N) is 1. The van der Waals surface area contributed by atoms with Crippen LogP contribution in [0.2, 0.25) is 5.02 Å². The van der Waals surface area contributed by atoms with Crippen molar-refractivity contribution in [3.8, 4) is 16.9 Å². The molecule has 5 aromatic rings. The molecule has 0 saturated carbocycles. The highest BCUT2D eigenvalue weighted by atomic mass is 79.9. The number of benzene rings is 3. The molecule has 0 unspecified atom stereocenters. The number of aromatic nitrogens is 3. The number of hydrogen-bond donors (Lipinski definition) is 1. The van der Waals surface area contributed by atoms with Gasteiger partial charge in [-0.2, -0.15) is 10.2 Å². The summed E-state index contributed by atoms with van der Waals surface area (Å²) in [5.41, 5.74) is 7.54. The van der Waals surface area contributed by atoms with Crippen LogP contribution in [0.25, 0.3) is 28.0 Å². The molecule has 0 bridgehead atoms. The van der Waals surface area contributed by atoms with Gasteiger partial charge in [0.25, 0.3) is 5.91 Å². The van der Waals surface area contributed by atoms with Crippen LogP contribution >= 0.6 is 27.5 Å². The first kappa shape index (κ1) is 23.0. The molecule has 1 amide bonds. The summed E-state index contributed by atoms with van der Waals surface area (Å²) in [6, 6.07) is 26.5. The van der Waals surface area contributed by atoms with Gasteiger partial charge in [-0.3, -0.25) is 4.79 Å². The SMILES string of the molecule is Cc1nn(-c2ccccc2)c2nc(-c3ccc(Cl)cc3)cc(C(=O)NN=Cc3cccc(Br)c3)c12. The molecule has 0 aliphatic rings. The summed E-state index contributed by atoms with van der Waals surface area (Å²) in [6.45, 7) is 1.87. The largest absolute Gasteiger partial charge is 0.272 e. The number of rotatable bonds is 5. The fourth-order valence-electron chi connectivity index (χ4n) is 3.80. The van der Waals surface area contributed by atoms with Crippen LogP contribution in [0, 0.1) is 6.92 Å². The number of aryl methyl sites for hydroxylation is 1. The third kappa shape index (κ3) is 4.87. The minimum Gasteiger partial charge on any atom is -0.267 e. The Hall–Kier alpha value is -3.81. The highest BCUT2D eigenvalue weighted by Gasteiger charge is 2.21. The van der Waals surface area contributed by atoms with Crippen molar-refractivity contribution in [3.05, 3.63) is 111 Å². The van der Waals surface area contributed by atoms with E-state index < -0.39 is 0 Å². The fraction of sp³-hybridized carbons (Fsp3) is 0.0370. The number of halogens is 2. The number of carbonyl (C=O) groups is 1. The summed E-state index contributed by atoms with van der Waals surface area (Å²) in [5.74, 6) is -0.352. The van der Waals surface area contributed by atoms with E-state index in [4.69, 9.17) is 21.7 Å². The summed E-state index contributed by atoms with van der Waals surface area (Å²) < 4.78 is 2.69. The van der Waals surface area contributed by atoms with Crippen molar-refractivity contribution in [1.29, 1.82) is 0 Å². The number of hydrogen-bond acceptors (Lipinski definition) is 4. The van der Waals surface area contributed by atoms with Gasteiger partial charge in [0.1, 0.15) is 0 Å². The summed E-state index contributed by atoms with van der Waals surface area (Å²) in [4.78, 5) is 18.2. The van der Waals surface area contributed by atoms with Crippen molar-refractivity contribution in [2.75, 3.05) is 0 Å². The Morgan fingerprint density at radius 2 is 1.80 bits per heavy atom. The summed E-state index contributed by atoms with van der Waals surface area (Å²) in [7, 11) is 0. The molecule has 6 nitrogen and oxygen atoms in total. The first-order valence-electron chi connectivity index (χ1n) is 10.8. The van der Waals surface area contributed by atoms with Gasteiger partial charge in [0.2, 0.25) is 0 Å². The first-order chi connectivity index (χ1) is 17.0. The zero-order valence-electron chi connectivity index (χ0n) is 18.6. The maximum absolute atomic E-state index is 13.3. The number of fused-ring (bicyclic) bond motifs is 1. The van der Waals surface area contributed by atoms with Crippen LogP contribution in [0.5, 0.6) is 0 Å². The predicted octanol–water partition coefficient (Wildman–Crippen LogP) is 6.58. The van der Waals surface area contributed by atoms with Gasteiger partial charge >= 0.3 is 0 Å². The monoisotopic (exact) mass is 543 g/mol. The van der Waals surface area contributed by atoms with Gasteiger partial charge in [0, 0.05) is 15.1 Å². The molecule has 0 atom stereocenters. The van der Waals surface area contributed by atoms with E-state index in [0.29, 0.717) is 33.0 Å². The van der Waals surface area contributed by atoms with Crippen LogP contribution in [0.1, 0.15) is 21.6 Å². The number of hydrazone groups is 1. The second-order valence-electron chi connectivity index (χ2n) is 7.85. The lowest BCUT2D eigenvalue weighted by molar-refractivity contribution is 0.0956. The lowest BCUT2D eigenvalue weighted by Gasteiger charge is -2.09. The van der Waals surface area contributed by atoms with Gasteiger partial charge in [-0.25, -0.2) is 15.1 Å². The van der Waals surface area contributed by atoms with E-state index in [1.807, 2.05) is 73.7 Å². The summed E-state index contributed by atoms with van der Waals surface area (Å²) in [6.07, 6.45) is 1.60. The smallest absolute Gasteiger partial charge is 0.267 e. The minimum atomic E-state index is -0.352. The maximum Gasteiger partial charge on any atom is 0.272 e. The quantitative estimate of drug-likeness (QED) is 0.201. The molecular weight excluding hydrogens is 526 g/mol. The summed E-state index contributed by atoms with van der Waals surface area (Å²) >= 11 is 9.52. The van der Waals surface area contributed by atoms with Gasteiger partial charge in [-0.05, 0) is 55.0 Å². The van der Waals surface area contributed by atoms with E-state index in [0.717, 1.165) is 21.3 Å². The van der Waals surface area contributed by atoms with Crippen LogP contribution in [-0.4, -0.2) is 26.9 Å². The highest BCUT2D eigenvalue weighted by Crippen LogP contribution is 2.29. The van der Waals surface area contributed by atoms with Crippen molar-refractivity contribution in [2.45, 2.75) is 6.92 Å². The number of nitrogens with zero attached hydrogens (tertiary/aromatic N) is 4. The molecule has 0 radical (unpaired) electrons. The van der Waals surface area contributed by atoms with Crippen LogP contribution in [0.15, 0.2) is 94.5 Å². The molecule has 3 aromatic carbocycles. The molecule has 0 aliphatic heterocycles. The Morgan fingerprint density at radius 3 is 2.54 bits per heavy atom. The van der Waals surface area contributed by atoms with E-state index >= 15 is 0 Å². The third-order valence-corrected chi connectivity index (χ3v) is 6.17. The topological polar surface area (TPSA) is 72.2 Å². The van der Waals surface area contributed by atoms with E-state index in [2.05, 4.69) is 26.5 Å². The zero-order chi connectivity index (χ0) is 24.4. The second-order valence-corrected chi connectivity index (χ2v) is 9.20. The molecular formula is C27H19BrClN5O. The molecule has 0 saturated heterocycles. The van der Waals surface area contributed by atoms with E-state index in [-0.39, 0.29) is 5.91 Å². The van der Waals surface area contributed by atoms with Gasteiger partial charge in [-0.1, -0.05) is 70.0 Å². The number of pyridine rings is 1. The predicted molar refractivity (Wildman–Crippen MR) is 143 cm³/mol. The highest BCUT2D eigenvalue weighted by molar-refractivity contribution is 9.10. The zero-order valence-corrected chi connectivity index (χ0v) is 21.0. The van der Waals surface area contributed by atoms with Crippen molar-refractivity contribution in [3.63, 3.8) is 0 Å². The first-order valence-corrected chi connectivity index (χ1v) is 12.0. The molecule has 2 heterocycles. The molecule has 0 fully saturated rings. The van der Waals surface area contributed by atoms with Gasteiger partial charge in [0.05, 0.1) is 34.2 Å². The Morgan fingerprint density at radius 1 is 1.03 bits per heavy atom. The fourth-order valence-corrected chi connectivity index (χ4v) is 4.34. The average molecular weight is 545 g/mol. The van der Waals surface area contributed by atoms with Crippen LogP contribution in [-0.2, 0) is 0 Å². The summed E-state index contributed by atoms with van der Waals surface area (Å²) in [5, 5.41) is 10.2. The van der Waals surface area contributed by atoms with Crippen molar-refractivity contribution < 1.29 is 4.79 Å². The molecule has 5 rings (SSSR count). The van der Waals surface area contributed by atoms with Crippen molar-refractivity contribution in [1.82, 2.24) is 20.2 Å². The number of para-hydroxylation sites is 1. The molecule has 1 N–H and O–H groups in total. The number of carbonyl (C=O) groups excluding carboxylic acids is 1. The molecule has 0 aliphatic carbocycles. The lowest BCUT2D eigenvalue weighted by Crippen LogP contribution is -2.18. The molecule has 8 heteroatoms. The van der Waals surface area contributed by atoms with Gasteiger partial charge < -0.3 is 0 Å². The minimum absolute atomic E-state index is 0.352. The van der Waals surface area contributed by atoms with Gasteiger partial charge in [-0.15, -0.1) is 0 Å². The van der Waals surface area contributed by atoms with Gasteiger partial charge in [0.15, 0.2) is 5.65 Å². The number of amides is 1. The van der Waals surface area contributed by atoms with Crippen LogP contribution in [0.4, 0.5) is 0 Å². The van der Waals surface area contributed by atoms with E-state index in [9.17, 15) is 4.79 Å². The Bertz CT molecular complexity index is 1560. The van der Waals surface area contributed by atoms with Crippen molar-refractivity contribution >= 4 is 50.7 Å². The maximum atomic E-state index is 13.3. The Labute approximate surface area is 215 Å². The van der Waals surface area contributed by atoms with Crippen molar-refractivity contribution in [2.24, 2.45) is 5.10 Å². The molecule has 172 valence electrons. The van der Waals surface area contributed by atoms with Crippen LogP contribution < -0.4 is 5.43 Å². The molecule has 0 spiro atoms. The molecule has 35 heavy (non-hydrogen) atoms. The third-order valence-electron chi connectivity index (χ3n) is 5.43. The molecule has 2 aromatic heterocycles. The lowest BCUT2D eigenvalue weighted by atomic mass is 10.1.